The number of fused-ring (bicyclic) bond motifs is 1. The van der Waals surface area contributed by atoms with E-state index in [1.807, 2.05) is 26.0 Å². The van der Waals surface area contributed by atoms with Crippen molar-refractivity contribution in [3.63, 3.8) is 0 Å². The minimum absolute atomic E-state index is 0.0205. The summed E-state index contributed by atoms with van der Waals surface area (Å²) in [6, 6.07) is 0. The summed E-state index contributed by atoms with van der Waals surface area (Å²) in [6.07, 6.45) is 4.33. The Morgan fingerprint density at radius 2 is 1.71 bits per heavy atom. The average Bonchev–Trinajstić information content (AvgIpc) is 2.31. The Morgan fingerprint density at radius 3 is 2.29 bits per heavy atom. The van der Waals surface area contributed by atoms with E-state index >= 15 is 0 Å². The molecule has 1 fully saturated rings. The van der Waals surface area contributed by atoms with Gasteiger partial charge in [0.15, 0.2) is 0 Å². The van der Waals surface area contributed by atoms with Gasteiger partial charge in [-0.05, 0) is 20.3 Å². The van der Waals surface area contributed by atoms with E-state index in [2.05, 4.69) is 0 Å². The van der Waals surface area contributed by atoms with Crippen molar-refractivity contribution in [1.29, 1.82) is 0 Å². The summed E-state index contributed by atoms with van der Waals surface area (Å²) in [6.45, 7) is 3.63. The second-order valence-electron chi connectivity index (χ2n) is 4.68. The van der Waals surface area contributed by atoms with Crippen LogP contribution in [0.2, 0.25) is 0 Å². The van der Waals surface area contributed by atoms with Crippen LogP contribution in [0.25, 0.3) is 0 Å². The van der Waals surface area contributed by atoms with E-state index in [4.69, 9.17) is 30.5 Å². The van der Waals surface area contributed by atoms with Gasteiger partial charge in [0.1, 0.15) is 6.10 Å². The molecule has 0 saturated carbocycles. The minimum Gasteiger partial charge on any atom is -0.349 e. The maximum atomic E-state index is 6.08. The first-order valence-corrected chi connectivity index (χ1v) is 6.16. The van der Waals surface area contributed by atoms with Gasteiger partial charge in [-0.15, -0.1) is 11.6 Å². The normalized spacial score (nSPS) is 50.1. The molecule has 2 rings (SSSR count). The van der Waals surface area contributed by atoms with Gasteiger partial charge >= 0.3 is 0 Å². The van der Waals surface area contributed by atoms with E-state index in [1.165, 1.54) is 0 Å². The quantitative estimate of drug-likeness (QED) is 0.564. The number of alkyl halides is 1. The Morgan fingerprint density at radius 1 is 1.12 bits per heavy atom. The van der Waals surface area contributed by atoms with Gasteiger partial charge < -0.3 is 18.9 Å². The molecule has 17 heavy (non-hydrogen) atoms. The van der Waals surface area contributed by atoms with Crippen LogP contribution in [-0.2, 0) is 18.9 Å². The van der Waals surface area contributed by atoms with E-state index in [-0.39, 0.29) is 17.6 Å². The number of methoxy groups -OCH3 is 2. The molecule has 1 saturated heterocycles. The van der Waals surface area contributed by atoms with Gasteiger partial charge in [-0.25, -0.2) is 0 Å². The van der Waals surface area contributed by atoms with Crippen LogP contribution in [0, 0.1) is 0 Å². The van der Waals surface area contributed by atoms with Crippen LogP contribution in [0.4, 0.5) is 0 Å². The lowest BCUT2D eigenvalue weighted by molar-refractivity contribution is -0.443. The summed E-state index contributed by atoms with van der Waals surface area (Å²) in [5.74, 6) is -1.88. The second-order valence-corrected chi connectivity index (χ2v) is 5.24. The molecule has 0 bridgehead atoms. The first-order valence-electron chi connectivity index (χ1n) is 5.72. The maximum Gasteiger partial charge on any atom is 0.220 e. The van der Waals surface area contributed by atoms with Crippen LogP contribution in [0.15, 0.2) is 12.2 Å². The molecule has 0 radical (unpaired) electrons. The molecule has 0 aromatic rings. The molecule has 0 spiro atoms. The molecule has 1 aliphatic heterocycles. The number of hydrogen-bond donors (Lipinski definition) is 0. The molecule has 5 heteroatoms. The average molecular weight is 263 g/mol. The van der Waals surface area contributed by atoms with Gasteiger partial charge in [0, 0.05) is 14.2 Å². The molecule has 1 aliphatic carbocycles. The summed E-state index contributed by atoms with van der Waals surface area (Å²) in [7, 11) is 3.16. The Hall–Kier alpha value is -0.130. The lowest BCUT2D eigenvalue weighted by atomic mass is 9.96. The monoisotopic (exact) mass is 262 g/mol. The summed E-state index contributed by atoms with van der Waals surface area (Å²) >= 11 is 6.08. The summed E-state index contributed by atoms with van der Waals surface area (Å²) in [5.41, 5.74) is 0. The predicted octanol–water partition coefficient (Wildman–Crippen LogP) is 2.06. The summed E-state index contributed by atoms with van der Waals surface area (Å²) in [4.78, 5) is 0. The van der Waals surface area contributed by atoms with Crippen molar-refractivity contribution in [2.75, 3.05) is 14.2 Å². The topological polar surface area (TPSA) is 36.9 Å². The fourth-order valence-electron chi connectivity index (χ4n) is 2.25. The van der Waals surface area contributed by atoms with E-state index in [0.717, 1.165) is 0 Å². The molecule has 98 valence electrons. The van der Waals surface area contributed by atoms with E-state index < -0.39 is 11.6 Å². The molecule has 0 amide bonds. The van der Waals surface area contributed by atoms with Gasteiger partial charge in [-0.1, -0.05) is 12.2 Å². The van der Waals surface area contributed by atoms with Crippen molar-refractivity contribution < 1.29 is 18.9 Å². The standard InChI is InChI=1S/C12H19ClO4/c1-11(14-3)12(2,15-4)17-10-7-8(13)5-6-9(10)16-11/h5-6,8-10H,7H2,1-4H3/t8-,9+,10+,11-,12-/m0/s1. The molecule has 2 aliphatic rings. The highest BCUT2D eigenvalue weighted by atomic mass is 35.5. The van der Waals surface area contributed by atoms with Crippen LogP contribution in [0.3, 0.4) is 0 Å². The Balaban J connectivity index is 2.26. The lowest BCUT2D eigenvalue weighted by Crippen LogP contribution is -2.65. The number of ether oxygens (including phenoxy) is 4. The van der Waals surface area contributed by atoms with Gasteiger partial charge in [-0.3, -0.25) is 0 Å². The highest BCUT2D eigenvalue weighted by Crippen LogP contribution is 2.42. The Bertz CT molecular complexity index is 322. The highest BCUT2D eigenvalue weighted by Gasteiger charge is 2.56. The fourth-order valence-corrected chi connectivity index (χ4v) is 2.51. The zero-order chi connectivity index (χ0) is 12.7. The highest BCUT2D eigenvalue weighted by molar-refractivity contribution is 6.21. The Labute approximate surface area is 107 Å². The van der Waals surface area contributed by atoms with E-state index in [1.54, 1.807) is 14.2 Å². The van der Waals surface area contributed by atoms with Crippen LogP contribution >= 0.6 is 11.6 Å². The lowest BCUT2D eigenvalue weighted by Gasteiger charge is -2.52. The SMILES string of the molecule is CO[C@@]1(C)O[C@@H]2C=C[C@H](Cl)C[C@H]2O[C@]1(C)OC. The zero-order valence-corrected chi connectivity index (χ0v) is 11.4. The van der Waals surface area contributed by atoms with Crippen molar-refractivity contribution in [2.45, 2.75) is 49.4 Å². The van der Waals surface area contributed by atoms with Crippen LogP contribution in [0.1, 0.15) is 20.3 Å². The maximum absolute atomic E-state index is 6.08. The molecule has 0 N–H and O–H groups in total. The molecular formula is C12H19ClO4. The van der Waals surface area contributed by atoms with Gasteiger partial charge in [0.05, 0.1) is 11.5 Å². The summed E-state index contributed by atoms with van der Waals surface area (Å²) in [5, 5.41) is -0.0205. The Kier molecular flexibility index (Phi) is 3.54. The third-order valence-corrected chi connectivity index (χ3v) is 4.00. The molecular weight excluding hydrogens is 244 g/mol. The number of rotatable bonds is 2. The smallest absolute Gasteiger partial charge is 0.220 e. The van der Waals surface area contributed by atoms with Crippen molar-refractivity contribution in [3.8, 4) is 0 Å². The van der Waals surface area contributed by atoms with Gasteiger partial charge in [0.25, 0.3) is 0 Å². The first-order chi connectivity index (χ1) is 7.94. The molecule has 1 heterocycles. The van der Waals surface area contributed by atoms with Crippen LogP contribution in [-0.4, -0.2) is 43.4 Å². The number of halogens is 1. The van der Waals surface area contributed by atoms with Crippen LogP contribution in [0.5, 0.6) is 0 Å². The number of hydrogen-bond acceptors (Lipinski definition) is 4. The van der Waals surface area contributed by atoms with Crippen molar-refractivity contribution >= 4 is 11.6 Å². The largest absolute Gasteiger partial charge is 0.349 e. The minimum atomic E-state index is -0.940. The van der Waals surface area contributed by atoms with Crippen molar-refractivity contribution in [1.82, 2.24) is 0 Å². The third-order valence-electron chi connectivity index (χ3n) is 3.67. The summed E-state index contributed by atoms with van der Waals surface area (Å²) < 4.78 is 22.8. The molecule has 5 atom stereocenters. The third kappa shape index (κ3) is 2.13. The fraction of sp³-hybridized carbons (Fsp3) is 0.833. The van der Waals surface area contributed by atoms with E-state index in [0.29, 0.717) is 6.42 Å². The predicted molar refractivity (Wildman–Crippen MR) is 64.0 cm³/mol. The first kappa shape index (κ1) is 13.3. The van der Waals surface area contributed by atoms with Crippen LogP contribution < -0.4 is 0 Å². The second kappa shape index (κ2) is 4.52. The van der Waals surface area contributed by atoms with Gasteiger partial charge in [-0.2, -0.15) is 0 Å². The van der Waals surface area contributed by atoms with Crippen molar-refractivity contribution in [3.05, 3.63) is 12.2 Å². The van der Waals surface area contributed by atoms with Crippen molar-refractivity contribution in [2.24, 2.45) is 0 Å². The number of allylic oxidation sites excluding steroid dienone is 1. The van der Waals surface area contributed by atoms with Gasteiger partial charge in [0.2, 0.25) is 11.6 Å². The zero-order valence-electron chi connectivity index (χ0n) is 10.6. The molecule has 4 nitrogen and oxygen atoms in total. The molecule has 0 aromatic carbocycles. The van der Waals surface area contributed by atoms with E-state index in [9.17, 15) is 0 Å². The molecule has 0 aromatic heterocycles. The molecule has 0 unspecified atom stereocenters.